The van der Waals surface area contributed by atoms with Crippen LogP contribution in [0, 0.1) is 24.7 Å². The fraction of sp³-hybridized carbons (Fsp3) is 0.487. The van der Waals surface area contributed by atoms with Crippen LogP contribution in [0.4, 0.5) is 5.69 Å². The summed E-state index contributed by atoms with van der Waals surface area (Å²) in [5, 5.41) is 13.0. The number of carbonyl (C=O) groups excluding carboxylic acids is 1. The van der Waals surface area contributed by atoms with E-state index in [-0.39, 0.29) is 23.2 Å². The minimum atomic E-state index is -3.00. The molecule has 49 heavy (non-hydrogen) atoms. The van der Waals surface area contributed by atoms with Gasteiger partial charge in [-0.05, 0) is 117 Å². The summed E-state index contributed by atoms with van der Waals surface area (Å²) in [6.07, 6.45) is 13.1. The largest absolute Gasteiger partial charge is 0.490 e. The second-order valence-electron chi connectivity index (χ2n) is 15.0. The minimum Gasteiger partial charge on any atom is -0.490 e. The molecular formula is C39H47ClN4O4S. The summed E-state index contributed by atoms with van der Waals surface area (Å²) >= 11 is 6.47. The van der Waals surface area contributed by atoms with Crippen molar-refractivity contribution in [2.75, 3.05) is 24.6 Å². The molecule has 7 atom stereocenters. The summed E-state index contributed by atoms with van der Waals surface area (Å²) in [5.74, 6) is 4.42. The van der Waals surface area contributed by atoms with Crippen molar-refractivity contribution in [3.63, 3.8) is 0 Å². The number of rotatable bonds is 2. The highest BCUT2D eigenvalue weighted by molar-refractivity contribution is 7.99. The number of ether oxygens (including phenoxy) is 1. The number of nitrogens with one attached hydrogen (secondary N) is 1. The normalized spacial score (nSPS) is 33.7. The third-order valence-electron chi connectivity index (χ3n) is 11.8. The summed E-state index contributed by atoms with van der Waals surface area (Å²) in [5.41, 5.74) is 3.95. The maximum Gasteiger partial charge on any atom is 0.262 e. The molecule has 7 rings (SSSR count). The highest BCUT2D eigenvalue weighted by Gasteiger charge is 2.48. The lowest BCUT2D eigenvalue weighted by Gasteiger charge is -2.49. The molecule has 10 heteroatoms. The van der Waals surface area contributed by atoms with Gasteiger partial charge in [0.2, 0.25) is 0 Å². The molecular weight excluding hydrogens is 656 g/mol. The number of aliphatic hydroxyl groups is 1. The van der Waals surface area contributed by atoms with E-state index in [1.807, 2.05) is 51.1 Å². The SMILES string of the molecule is C=S1(=O)NC(=O)c2ccc3c(c2)N(C[C@@H]2CC[C@H]2[C@@](O)(Cc2nccnc2C)/C=C/C[C@H](C)[C@H]1C)C[C@@]1(CCCc2cc(Cl)ccc21)CO3. The van der Waals surface area contributed by atoms with E-state index in [2.05, 4.69) is 37.6 Å². The van der Waals surface area contributed by atoms with Gasteiger partial charge in [-0.2, -0.15) is 0 Å². The van der Waals surface area contributed by atoms with Gasteiger partial charge in [0, 0.05) is 53.2 Å². The van der Waals surface area contributed by atoms with Gasteiger partial charge in [-0.1, -0.05) is 36.7 Å². The second-order valence-corrected chi connectivity index (χ2v) is 17.8. The quantitative estimate of drug-likeness (QED) is 0.240. The van der Waals surface area contributed by atoms with Crippen LogP contribution in [0.3, 0.4) is 0 Å². The molecule has 4 aliphatic rings. The number of halogens is 1. The molecule has 3 aromatic rings. The van der Waals surface area contributed by atoms with E-state index >= 15 is 0 Å². The van der Waals surface area contributed by atoms with Crippen LogP contribution in [0.15, 0.2) is 60.9 Å². The Morgan fingerprint density at radius 3 is 2.76 bits per heavy atom. The topological polar surface area (TPSA) is 105 Å². The number of aromatic nitrogens is 2. The molecule has 1 spiro atoms. The molecule has 0 saturated heterocycles. The zero-order valence-corrected chi connectivity index (χ0v) is 30.2. The van der Waals surface area contributed by atoms with E-state index in [9.17, 15) is 14.1 Å². The molecule has 260 valence electrons. The van der Waals surface area contributed by atoms with E-state index in [4.69, 9.17) is 16.3 Å². The summed E-state index contributed by atoms with van der Waals surface area (Å²) in [6, 6.07) is 11.7. The predicted molar refractivity (Wildman–Crippen MR) is 197 cm³/mol. The smallest absolute Gasteiger partial charge is 0.262 e. The average molecular weight is 703 g/mol. The summed E-state index contributed by atoms with van der Waals surface area (Å²) < 4.78 is 23.3. The first kappa shape index (κ1) is 34.1. The molecule has 1 saturated carbocycles. The van der Waals surface area contributed by atoms with Crippen LogP contribution in [0.2, 0.25) is 5.02 Å². The van der Waals surface area contributed by atoms with Crippen LogP contribution in [0.1, 0.15) is 78.8 Å². The highest BCUT2D eigenvalue weighted by atomic mass is 35.5. The lowest BCUT2D eigenvalue weighted by atomic mass is 9.62. The molecule has 2 aromatic carbocycles. The van der Waals surface area contributed by atoms with Gasteiger partial charge < -0.3 is 14.7 Å². The number of anilines is 1. The van der Waals surface area contributed by atoms with Gasteiger partial charge in [0.05, 0.1) is 39.0 Å². The molecule has 8 nitrogen and oxygen atoms in total. The molecule has 3 heterocycles. The number of amides is 1. The molecule has 2 bridgehead atoms. The molecule has 2 aliphatic carbocycles. The number of allylic oxidation sites excluding steroid dienone is 1. The van der Waals surface area contributed by atoms with Crippen molar-refractivity contribution in [1.82, 2.24) is 14.7 Å². The summed E-state index contributed by atoms with van der Waals surface area (Å²) in [4.78, 5) is 25.2. The number of hydrogen-bond acceptors (Lipinski definition) is 7. The second kappa shape index (κ2) is 13.1. The van der Waals surface area contributed by atoms with Gasteiger partial charge in [-0.3, -0.25) is 19.5 Å². The Morgan fingerprint density at radius 2 is 1.98 bits per heavy atom. The molecule has 2 N–H and O–H groups in total. The lowest BCUT2D eigenvalue weighted by Crippen LogP contribution is -2.53. The fourth-order valence-corrected chi connectivity index (χ4v) is 10.2. The number of fused-ring (bicyclic) bond motifs is 4. The first-order valence-corrected chi connectivity index (χ1v) is 19.7. The predicted octanol–water partition coefficient (Wildman–Crippen LogP) is 6.26. The van der Waals surface area contributed by atoms with Crippen molar-refractivity contribution >= 4 is 38.8 Å². The van der Waals surface area contributed by atoms with Crippen molar-refractivity contribution in [2.24, 2.45) is 17.8 Å². The Kier molecular flexibility index (Phi) is 9.07. The summed E-state index contributed by atoms with van der Waals surface area (Å²) in [6.45, 7) is 7.71. The Morgan fingerprint density at radius 1 is 1.16 bits per heavy atom. The molecule has 2 aliphatic heterocycles. The number of hydrogen-bond donors (Lipinski definition) is 2. The highest BCUT2D eigenvalue weighted by Crippen LogP contribution is 2.49. The van der Waals surface area contributed by atoms with E-state index < -0.39 is 26.5 Å². The van der Waals surface area contributed by atoms with Crippen LogP contribution in [-0.4, -0.2) is 61.6 Å². The van der Waals surface area contributed by atoms with Gasteiger partial charge in [-0.25, -0.2) is 4.21 Å². The van der Waals surface area contributed by atoms with Gasteiger partial charge in [0.15, 0.2) is 0 Å². The standard InChI is InChI=1S/C39H47ClN4O4S/c1-25-7-5-16-39(46,21-34-26(2)41-17-18-42-34)33-12-9-30(33)22-44-23-38(15-6-8-28-19-31(40)11-13-32(28)38)24-48-36-14-10-29(20-35(36)44)37(45)43-49(4,47)27(25)3/h5,10-11,13-14,16-20,25,27,30,33,46H,4,6-9,12,15,21-24H2,1-3H3,(H,43,45,47)/b16-5+/t25-,27+,30-,33+,38-,39-,49?/m0/s1. The molecule has 1 unspecified atom stereocenters. The van der Waals surface area contributed by atoms with Crippen LogP contribution < -0.4 is 14.4 Å². The lowest BCUT2D eigenvalue weighted by molar-refractivity contribution is -0.0454. The number of aryl methyl sites for hydroxylation is 2. The van der Waals surface area contributed by atoms with Crippen LogP contribution in [-0.2, 0) is 28.0 Å². The Hall–Kier alpha value is -3.40. The number of nitrogens with zero attached hydrogens (tertiary/aromatic N) is 3. The monoisotopic (exact) mass is 702 g/mol. The van der Waals surface area contributed by atoms with E-state index in [0.717, 1.165) is 54.2 Å². The molecule has 1 fully saturated rings. The zero-order valence-electron chi connectivity index (χ0n) is 28.7. The summed E-state index contributed by atoms with van der Waals surface area (Å²) in [7, 11) is -3.00. The maximum atomic E-state index is 13.9. The number of benzene rings is 2. The molecule has 0 radical (unpaired) electrons. The van der Waals surface area contributed by atoms with Crippen LogP contribution in [0.25, 0.3) is 0 Å². The first-order chi connectivity index (χ1) is 23.4. The van der Waals surface area contributed by atoms with Gasteiger partial charge in [0.25, 0.3) is 5.91 Å². The third-order valence-corrected chi connectivity index (χ3v) is 14.3. The van der Waals surface area contributed by atoms with E-state index in [1.165, 1.54) is 11.1 Å². The van der Waals surface area contributed by atoms with Crippen molar-refractivity contribution in [1.29, 1.82) is 0 Å². The number of carbonyl (C=O) groups is 1. The van der Waals surface area contributed by atoms with Gasteiger partial charge in [0.1, 0.15) is 5.75 Å². The van der Waals surface area contributed by atoms with Crippen molar-refractivity contribution < 1.29 is 18.8 Å². The van der Waals surface area contributed by atoms with E-state index in [1.54, 1.807) is 18.5 Å². The molecule has 1 aromatic heterocycles. The fourth-order valence-electron chi connectivity index (χ4n) is 8.54. The van der Waals surface area contributed by atoms with Gasteiger partial charge in [-0.15, -0.1) is 0 Å². The van der Waals surface area contributed by atoms with Crippen LogP contribution in [0.5, 0.6) is 5.75 Å². The Balaban J connectivity index is 1.33. The zero-order chi connectivity index (χ0) is 34.6. The van der Waals surface area contributed by atoms with Crippen molar-refractivity contribution in [2.45, 2.75) is 82.0 Å². The minimum absolute atomic E-state index is 0.0182. The maximum absolute atomic E-state index is 13.9. The van der Waals surface area contributed by atoms with Crippen molar-refractivity contribution in [3.05, 3.63) is 94.0 Å². The molecule has 1 amide bonds. The average Bonchev–Trinajstić information content (AvgIpc) is 3.19. The van der Waals surface area contributed by atoms with Crippen LogP contribution >= 0.6 is 11.6 Å². The van der Waals surface area contributed by atoms with E-state index in [0.29, 0.717) is 43.9 Å². The Bertz CT molecular complexity index is 1900. The van der Waals surface area contributed by atoms with Gasteiger partial charge >= 0.3 is 0 Å². The third kappa shape index (κ3) is 6.50. The first-order valence-electron chi connectivity index (χ1n) is 17.5. The van der Waals surface area contributed by atoms with Crippen molar-refractivity contribution in [3.8, 4) is 5.75 Å². The Labute approximate surface area is 295 Å².